The highest BCUT2D eigenvalue weighted by atomic mass is 35.5. The predicted octanol–water partition coefficient (Wildman–Crippen LogP) is 1.39. The summed E-state index contributed by atoms with van der Waals surface area (Å²) >= 11 is 0. The van der Waals surface area contributed by atoms with E-state index in [1.807, 2.05) is 20.8 Å². The second-order valence-electron chi connectivity index (χ2n) is 5.24. The summed E-state index contributed by atoms with van der Waals surface area (Å²) in [5.74, 6) is 0. The highest BCUT2D eigenvalue weighted by molar-refractivity contribution is 5.85. The summed E-state index contributed by atoms with van der Waals surface area (Å²) in [5.41, 5.74) is 5.37. The second-order valence-corrected chi connectivity index (χ2v) is 5.24. The van der Waals surface area contributed by atoms with Gasteiger partial charge in [0.15, 0.2) is 0 Å². The van der Waals surface area contributed by atoms with Gasteiger partial charge in [0.1, 0.15) is 5.60 Å². The first-order chi connectivity index (χ1) is 7.33. The number of nitrogens with two attached hydrogens (primary N) is 1. The molecule has 1 rings (SSSR count). The Balaban J connectivity index is 0.00000256. The van der Waals surface area contributed by atoms with Crippen LogP contribution in [-0.2, 0) is 9.47 Å². The summed E-state index contributed by atoms with van der Waals surface area (Å²) in [6.07, 6.45) is 0.468. The lowest BCUT2D eigenvalue weighted by molar-refractivity contribution is 0.0147. The lowest BCUT2D eigenvalue weighted by atomic mass is 10.2. The van der Waals surface area contributed by atoms with Gasteiger partial charge >= 0.3 is 6.09 Å². The normalized spacial score (nSPS) is 24.4. The minimum absolute atomic E-state index is 0. The maximum atomic E-state index is 11.9. The van der Waals surface area contributed by atoms with Crippen LogP contribution in [0.1, 0.15) is 27.2 Å². The first kappa shape index (κ1) is 16.5. The molecule has 0 spiro atoms. The highest BCUT2D eigenvalue weighted by Gasteiger charge is 2.35. The van der Waals surface area contributed by atoms with Gasteiger partial charge in [-0.25, -0.2) is 4.79 Å². The molecule has 17 heavy (non-hydrogen) atoms. The topological polar surface area (TPSA) is 64.8 Å². The first-order valence-electron chi connectivity index (χ1n) is 5.57. The number of hydrogen-bond acceptors (Lipinski definition) is 4. The van der Waals surface area contributed by atoms with Crippen molar-refractivity contribution in [2.45, 2.75) is 44.9 Å². The molecule has 0 saturated carbocycles. The molecule has 1 heterocycles. The zero-order valence-corrected chi connectivity index (χ0v) is 11.8. The number of amides is 1. The van der Waals surface area contributed by atoms with Crippen molar-refractivity contribution in [2.75, 3.05) is 20.3 Å². The van der Waals surface area contributed by atoms with Gasteiger partial charge in [0.2, 0.25) is 0 Å². The van der Waals surface area contributed by atoms with E-state index in [-0.39, 0.29) is 30.6 Å². The maximum absolute atomic E-state index is 11.9. The number of likely N-dealkylation sites (tertiary alicyclic amines) is 1. The van der Waals surface area contributed by atoms with Crippen molar-refractivity contribution >= 4 is 18.5 Å². The van der Waals surface area contributed by atoms with E-state index in [1.54, 1.807) is 12.0 Å². The molecule has 0 unspecified atom stereocenters. The number of hydrogen-bond donors (Lipinski definition) is 1. The van der Waals surface area contributed by atoms with Crippen molar-refractivity contribution < 1.29 is 14.3 Å². The molecule has 0 aromatic heterocycles. The number of ether oxygens (including phenoxy) is 2. The largest absolute Gasteiger partial charge is 0.444 e. The fraction of sp³-hybridized carbons (Fsp3) is 0.909. The molecule has 2 N–H and O–H groups in total. The number of halogens is 1. The monoisotopic (exact) mass is 266 g/mol. The quantitative estimate of drug-likeness (QED) is 0.820. The van der Waals surface area contributed by atoms with Crippen LogP contribution in [0.5, 0.6) is 0 Å². The van der Waals surface area contributed by atoms with Gasteiger partial charge in [-0.2, -0.15) is 0 Å². The van der Waals surface area contributed by atoms with Crippen LogP contribution in [0.15, 0.2) is 0 Å². The van der Waals surface area contributed by atoms with Crippen LogP contribution in [0, 0.1) is 0 Å². The lowest BCUT2D eigenvalue weighted by Crippen LogP contribution is -2.42. The smallest absolute Gasteiger partial charge is 0.410 e. The average Bonchev–Trinajstić information content (AvgIpc) is 2.44. The minimum Gasteiger partial charge on any atom is -0.444 e. The Hall–Kier alpha value is -0.520. The van der Waals surface area contributed by atoms with E-state index in [0.717, 1.165) is 6.42 Å². The number of carbonyl (C=O) groups excluding carboxylic acids is 1. The summed E-state index contributed by atoms with van der Waals surface area (Å²) in [6.45, 7) is 6.61. The van der Waals surface area contributed by atoms with Crippen molar-refractivity contribution in [3.8, 4) is 0 Å². The maximum Gasteiger partial charge on any atom is 0.410 e. The van der Waals surface area contributed by atoms with Crippen molar-refractivity contribution in [3.05, 3.63) is 0 Å². The highest BCUT2D eigenvalue weighted by Crippen LogP contribution is 2.20. The first-order valence-corrected chi connectivity index (χ1v) is 5.57. The van der Waals surface area contributed by atoms with E-state index in [2.05, 4.69) is 0 Å². The van der Waals surface area contributed by atoms with Crippen LogP contribution in [0.4, 0.5) is 4.79 Å². The van der Waals surface area contributed by atoms with Gasteiger partial charge in [-0.3, -0.25) is 0 Å². The van der Waals surface area contributed by atoms with Crippen molar-refractivity contribution in [1.82, 2.24) is 4.90 Å². The zero-order valence-electron chi connectivity index (χ0n) is 10.9. The molecule has 0 aliphatic carbocycles. The molecule has 5 nitrogen and oxygen atoms in total. The van der Waals surface area contributed by atoms with E-state index >= 15 is 0 Å². The third-order valence-electron chi connectivity index (χ3n) is 2.43. The van der Waals surface area contributed by atoms with Gasteiger partial charge in [-0.15, -0.1) is 12.4 Å². The molecule has 1 fully saturated rings. The Morgan fingerprint density at radius 1 is 1.47 bits per heavy atom. The molecule has 0 radical (unpaired) electrons. The molecule has 1 saturated heterocycles. The molecule has 1 aliphatic heterocycles. The number of carbonyl (C=O) groups is 1. The standard InChI is InChI=1S/C11H22N2O3.ClH/c1-11(2,3)16-10(14)13-6-8(12)5-9(13)7-15-4;/h8-9H,5-7,12H2,1-4H3;1H/t8-,9+;/m0./s1. The van der Waals surface area contributed by atoms with E-state index in [4.69, 9.17) is 15.2 Å². The number of rotatable bonds is 2. The molecule has 102 valence electrons. The third kappa shape index (κ3) is 5.10. The van der Waals surface area contributed by atoms with Crippen molar-refractivity contribution in [3.63, 3.8) is 0 Å². The average molecular weight is 267 g/mol. The van der Waals surface area contributed by atoms with Crippen molar-refractivity contribution in [2.24, 2.45) is 5.73 Å². The van der Waals surface area contributed by atoms with E-state index in [9.17, 15) is 4.79 Å². The van der Waals surface area contributed by atoms with Gasteiger partial charge in [-0.05, 0) is 27.2 Å². The molecule has 1 aliphatic rings. The molecule has 2 atom stereocenters. The fourth-order valence-corrected chi connectivity index (χ4v) is 1.85. The lowest BCUT2D eigenvalue weighted by Gasteiger charge is -2.28. The van der Waals surface area contributed by atoms with E-state index < -0.39 is 5.60 Å². The second kappa shape index (κ2) is 6.42. The number of methoxy groups -OCH3 is 1. The molecule has 1 amide bonds. The van der Waals surface area contributed by atoms with Gasteiger partial charge in [-0.1, -0.05) is 0 Å². The zero-order chi connectivity index (χ0) is 12.3. The SMILES string of the molecule is COC[C@H]1C[C@H](N)CN1C(=O)OC(C)(C)C.Cl. The Morgan fingerprint density at radius 2 is 2.06 bits per heavy atom. The Morgan fingerprint density at radius 3 is 2.53 bits per heavy atom. The summed E-state index contributed by atoms with van der Waals surface area (Å²) in [7, 11) is 1.62. The van der Waals surface area contributed by atoms with Gasteiger partial charge in [0, 0.05) is 19.7 Å². The van der Waals surface area contributed by atoms with E-state index in [0.29, 0.717) is 13.2 Å². The van der Waals surface area contributed by atoms with Crippen molar-refractivity contribution in [1.29, 1.82) is 0 Å². The van der Waals surface area contributed by atoms with Crippen LogP contribution in [0.3, 0.4) is 0 Å². The van der Waals surface area contributed by atoms with Crippen LogP contribution < -0.4 is 5.73 Å². The van der Waals surface area contributed by atoms with Crippen LogP contribution in [-0.4, -0.2) is 48.9 Å². The molecular weight excluding hydrogens is 244 g/mol. The molecule has 6 heteroatoms. The van der Waals surface area contributed by atoms with Gasteiger partial charge in [0.25, 0.3) is 0 Å². The van der Waals surface area contributed by atoms with Gasteiger partial charge < -0.3 is 20.1 Å². The van der Waals surface area contributed by atoms with Crippen LogP contribution >= 0.6 is 12.4 Å². The molecule has 0 bridgehead atoms. The fourth-order valence-electron chi connectivity index (χ4n) is 1.85. The van der Waals surface area contributed by atoms with E-state index in [1.165, 1.54) is 0 Å². The Labute approximate surface area is 109 Å². The number of nitrogens with zero attached hydrogens (tertiary/aromatic N) is 1. The summed E-state index contributed by atoms with van der Waals surface area (Å²) < 4.78 is 10.4. The van der Waals surface area contributed by atoms with Gasteiger partial charge in [0.05, 0.1) is 12.6 Å². The summed E-state index contributed by atoms with van der Waals surface area (Å²) in [4.78, 5) is 13.6. The molecular formula is C11H23ClN2O3. The molecule has 0 aromatic carbocycles. The Bertz CT molecular complexity index is 256. The summed E-state index contributed by atoms with van der Waals surface area (Å²) in [6, 6.07) is 0.0579. The molecule has 0 aromatic rings. The predicted molar refractivity (Wildman–Crippen MR) is 68.4 cm³/mol. The van der Waals surface area contributed by atoms with Crippen LogP contribution in [0.25, 0.3) is 0 Å². The minimum atomic E-state index is -0.471. The Kier molecular flexibility index (Phi) is 6.23. The third-order valence-corrected chi connectivity index (χ3v) is 2.43. The summed E-state index contributed by atoms with van der Waals surface area (Å²) in [5, 5.41) is 0. The van der Waals surface area contributed by atoms with Crippen LogP contribution in [0.2, 0.25) is 0 Å².